The Morgan fingerprint density at radius 1 is 1.38 bits per heavy atom. The molecule has 2 atom stereocenters. The standard InChI is InChI=1S/C15H15ClN4O/c16-13-3-1-10(8-18-13)9-19-5-6-20-14-4-2-12(21-14)11(7-17)15(19)20/h1,3,8,12,14H,2,4-6,9H2. The van der Waals surface area contributed by atoms with Gasteiger partial charge in [-0.15, -0.1) is 0 Å². The van der Waals surface area contributed by atoms with Gasteiger partial charge in [-0.2, -0.15) is 5.26 Å². The van der Waals surface area contributed by atoms with Crippen LogP contribution in [-0.2, 0) is 11.3 Å². The molecule has 0 amide bonds. The molecule has 0 saturated carbocycles. The minimum absolute atomic E-state index is 0.0183. The van der Waals surface area contributed by atoms with Crippen molar-refractivity contribution in [2.45, 2.75) is 31.7 Å². The molecule has 0 spiro atoms. The zero-order chi connectivity index (χ0) is 14.4. The van der Waals surface area contributed by atoms with E-state index in [0.29, 0.717) is 5.15 Å². The van der Waals surface area contributed by atoms with Crippen LogP contribution in [0.4, 0.5) is 0 Å². The predicted molar refractivity (Wildman–Crippen MR) is 76.9 cm³/mol. The Bertz CT molecular complexity index is 636. The largest absolute Gasteiger partial charge is 0.351 e. The van der Waals surface area contributed by atoms with Gasteiger partial charge in [0.2, 0.25) is 0 Å². The second-order valence-electron chi connectivity index (χ2n) is 5.61. The number of hydrogen-bond donors (Lipinski definition) is 0. The maximum absolute atomic E-state index is 9.51. The van der Waals surface area contributed by atoms with Crippen LogP contribution in [0.15, 0.2) is 29.7 Å². The minimum Gasteiger partial charge on any atom is -0.351 e. The molecule has 21 heavy (non-hydrogen) atoms. The van der Waals surface area contributed by atoms with Crippen molar-refractivity contribution >= 4 is 11.6 Å². The molecule has 6 heteroatoms. The van der Waals surface area contributed by atoms with Crippen molar-refractivity contribution in [2.24, 2.45) is 0 Å². The SMILES string of the molecule is N#CC1=C2N(Cc3ccc(Cl)nc3)CCN2C2CCC1O2. The number of aromatic nitrogens is 1. The number of nitriles is 1. The first-order chi connectivity index (χ1) is 10.3. The zero-order valence-corrected chi connectivity index (χ0v) is 12.3. The molecule has 0 N–H and O–H groups in total. The highest BCUT2D eigenvalue weighted by atomic mass is 35.5. The Labute approximate surface area is 128 Å². The summed E-state index contributed by atoms with van der Waals surface area (Å²) in [5, 5.41) is 10.0. The first kappa shape index (κ1) is 12.9. The fourth-order valence-electron chi connectivity index (χ4n) is 3.43. The Kier molecular flexibility index (Phi) is 3.02. The first-order valence-corrected chi connectivity index (χ1v) is 7.56. The second kappa shape index (κ2) is 4.90. The summed E-state index contributed by atoms with van der Waals surface area (Å²) in [5.74, 6) is 1.06. The fourth-order valence-corrected chi connectivity index (χ4v) is 3.54. The maximum Gasteiger partial charge on any atom is 0.132 e. The van der Waals surface area contributed by atoms with Crippen LogP contribution in [0, 0.1) is 11.3 Å². The number of pyridine rings is 1. The monoisotopic (exact) mass is 302 g/mol. The highest BCUT2D eigenvalue weighted by molar-refractivity contribution is 6.29. The third kappa shape index (κ3) is 2.06. The molecule has 2 fully saturated rings. The van der Waals surface area contributed by atoms with Crippen molar-refractivity contribution in [3.63, 3.8) is 0 Å². The lowest BCUT2D eigenvalue weighted by Gasteiger charge is -2.34. The Morgan fingerprint density at radius 3 is 3.05 bits per heavy atom. The number of nitrogens with zero attached hydrogens (tertiary/aromatic N) is 4. The Hall–Kier alpha value is -1.77. The van der Waals surface area contributed by atoms with E-state index in [0.717, 1.165) is 49.4 Å². The van der Waals surface area contributed by atoms with E-state index in [9.17, 15) is 5.26 Å². The van der Waals surface area contributed by atoms with Crippen LogP contribution < -0.4 is 0 Å². The molecule has 3 aliphatic heterocycles. The molecule has 5 nitrogen and oxygen atoms in total. The molecule has 4 heterocycles. The van der Waals surface area contributed by atoms with E-state index in [1.807, 2.05) is 6.07 Å². The molecule has 0 aliphatic carbocycles. The lowest BCUT2D eigenvalue weighted by molar-refractivity contribution is -0.0399. The van der Waals surface area contributed by atoms with Crippen LogP contribution in [0.25, 0.3) is 0 Å². The molecule has 1 aromatic heterocycles. The van der Waals surface area contributed by atoms with Gasteiger partial charge in [-0.05, 0) is 24.5 Å². The zero-order valence-electron chi connectivity index (χ0n) is 11.5. The van der Waals surface area contributed by atoms with Gasteiger partial charge in [-0.3, -0.25) is 0 Å². The summed E-state index contributed by atoms with van der Waals surface area (Å²) in [6.45, 7) is 2.58. The van der Waals surface area contributed by atoms with Crippen LogP contribution in [0.1, 0.15) is 18.4 Å². The van der Waals surface area contributed by atoms with Crippen molar-refractivity contribution in [1.29, 1.82) is 5.26 Å². The maximum atomic E-state index is 9.51. The molecule has 0 radical (unpaired) electrons. The number of hydrogen-bond acceptors (Lipinski definition) is 5. The van der Waals surface area contributed by atoms with Gasteiger partial charge in [-0.1, -0.05) is 17.7 Å². The molecule has 108 valence electrons. The van der Waals surface area contributed by atoms with E-state index in [1.165, 1.54) is 0 Å². The van der Waals surface area contributed by atoms with E-state index in [1.54, 1.807) is 12.3 Å². The number of rotatable bonds is 2. The van der Waals surface area contributed by atoms with E-state index in [2.05, 4.69) is 20.9 Å². The van der Waals surface area contributed by atoms with Gasteiger partial charge in [0.05, 0.1) is 11.7 Å². The third-order valence-electron chi connectivity index (χ3n) is 4.37. The van der Waals surface area contributed by atoms with Crippen LogP contribution in [0.3, 0.4) is 0 Å². The molecule has 2 bridgehead atoms. The average molecular weight is 303 g/mol. The fraction of sp³-hybridized carbons (Fsp3) is 0.467. The second-order valence-corrected chi connectivity index (χ2v) is 6.00. The molecule has 3 aliphatic rings. The molecule has 0 aromatic carbocycles. The Morgan fingerprint density at radius 2 is 2.29 bits per heavy atom. The number of halogens is 1. The van der Waals surface area contributed by atoms with Crippen LogP contribution in [-0.4, -0.2) is 40.2 Å². The van der Waals surface area contributed by atoms with Crippen molar-refractivity contribution in [3.05, 3.63) is 40.4 Å². The molecule has 2 saturated heterocycles. The Balaban J connectivity index is 1.65. The first-order valence-electron chi connectivity index (χ1n) is 7.18. The van der Waals surface area contributed by atoms with Crippen molar-refractivity contribution in [2.75, 3.05) is 13.1 Å². The lowest BCUT2D eigenvalue weighted by Crippen LogP contribution is -2.39. The molecule has 2 unspecified atom stereocenters. The van der Waals surface area contributed by atoms with Crippen molar-refractivity contribution < 1.29 is 4.74 Å². The summed E-state index contributed by atoms with van der Waals surface area (Å²) in [5.41, 5.74) is 1.88. The molecule has 4 rings (SSSR count). The quantitative estimate of drug-likeness (QED) is 0.783. The van der Waals surface area contributed by atoms with Gasteiger partial charge in [0.15, 0.2) is 0 Å². The summed E-state index contributed by atoms with van der Waals surface area (Å²) < 4.78 is 5.92. The smallest absolute Gasteiger partial charge is 0.132 e. The van der Waals surface area contributed by atoms with E-state index >= 15 is 0 Å². The topological polar surface area (TPSA) is 52.4 Å². The summed E-state index contributed by atoms with van der Waals surface area (Å²) in [4.78, 5) is 8.63. The van der Waals surface area contributed by atoms with Crippen LogP contribution in [0.5, 0.6) is 0 Å². The lowest BCUT2D eigenvalue weighted by atomic mass is 10.1. The summed E-state index contributed by atoms with van der Waals surface area (Å²) in [6.07, 6.45) is 3.89. The predicted octanol–water partition coefficient (Wildman–Crippen LogP) is 2.11. The van der Waals surface area contributed by atoms with Gasteiger partial charge in [0, 0.05) is 25.8 Å². The van der Waals surface area contributed by atoms with Gasteiger partial charge >= 0.3 is 0 Å². The molecule has 1 aromatic rings. The summed E-state index contributed by atoms with van der Waals surface area (Å²) in [7, 11) is 0. The van der Waals surface area contributed by atoms with Gasteiger partial charge in [-0.25, -0.2) is 4.98 Å². The van der Waals surface area contributed by atoms with Crippen LogP contribution >= 0.6 is 11.6 Å². The van der Waals surface area contributed by atoms with E-state index in [4.69, 9.17) is 16.3 Å². The third-order valence-corrected chi connectivity index (χ3v) is 4.60. The van der Waals surface area contributed by atoms with Crippen molar-refractivity contribution in [1.82, 2.24) is 14.8 Å². The highest BCUT2D eigenvalue weighted by Crippen LogP contribution is 2.40. The van der Waals surface area contributed by atoms with Gasteiger partial charge < -0.3 is 14.5 Å². The van der Waals surface area contributed by atoms with Gasteiger partial charge in [0.1, 0.15) is 23.3 Å². The number of fused-ring (bicyclic) bond motifs is 4. The average Bonchev–Trinajstić information content (AvgIpc) is 3.09. The molecular formula is C15H15ClN4O. The normalized spacial score (nSPS) is 27.0. The van der Waals surface area contributed by atoms with Gasteiger partial charge in [0.25, 0.3) is 0 Å². The molecular weight excluding hydrogens is 288 g/mol. The van der Waals surface area contributed by atoms with Crippen LogP contribution in [0.2, 0.25) is 5.15 Å². The highest BCUT2D eigenvalue weighted by Gasteiger charge is 2.45. The minimum atomic E-state index is -0.0183. The van der Waals surface area contributed by atoms with E-state index in [-0.39, 0.29) is 12.3 Å². The number of ether oxygens (including phenoxy) is 1. The van der Waals surface area contributed by atoms with E-state index < -0.39 is 0 Å². The summed E-state index contributed by atoms with van der Waals surface area (Å²) in [6, 6.07) is 6.15. The summed E-state index contributed by atoms with van der Waals surface area (Å²) >= 11 is 5.83. The van der Waals surface area contributed by atoms with Crippen molar-refractivity contribution in [3.8, 4) is 6.07 Å².